The molecule has 1 atom stereocenters. The normalized spacial score (nSPS) is 12.8. The van der Waals surface area contributed by atoms with Crippen LogP contribution in [0.5, 0.6) is 0 Å². The van der Waals surface area contributed by atoms with E-state index in [1.807, 2.05) is 6.26 Å². The van der Waals surface area contributed by atoms with Crippen LogP contribution in [0, 0.1) is 17.8 Å². The number of carboxylic acid groups (broad SMARTS) is 1. The predicted molar refractivity (Wildman–Crippen MR) is 84.1 cm³/mol. The molecule has 0 heterocycles. The number of hydrogen-bond donors (Lipinski definition) is 3. The fourth-order valence-corrected chi connectivity index (χ4v) is 2.63. The number of amides is 2. The molecule has 0 bridgehead atoms. The summed E-state index contributed by atoms with van der Waals surface area (Å²) in [5.41, 5.74) is 0. The highest BCUT2D eigenvalue weighted by molar-refractivity contribution is 7.98. The molecule has 0 aromatic rings. The average molecular weight is 304 g/mol. The van der Waals surface area contributed by atoms with Gasteiger partial charge in [0.1, 0.15) is 6.04 Å². The molecule has 0 fully saturated rings. The van der Waals surface area contributed by atoms with Gasteiger partial charge in [-0.1, -0.05) is 27.7 Å². The van der Waals surface area contributed by atoms with Crippen LogP contribution in [0.1, 0.15) is 34.1 Å². The van der Waals surface area contributed by atoms with Gasteiger partial charge >= 0.3 is 12.0 Å². The van der Waals surface area contributed by atoms with Crippen LogP contribution >= 0.6 is 11.8 Å². The van der Waals surface area contributed by atoms with Crippen molar-refractivity contribution in [3.63, 3.8) is 0 Å². The highest BCUT2D eigenvalue weighted by Crippen LogP contribution is 2.19. The molecule has 0 aliphatic rings. The van der Waals surface area contributed by atoms with E-state index in [2.05, 4.69) is 38.3 Å². The first-order valence-electron chi connectivity index (χ1n) is 7.05. The van der Waals surface area contributed by atoms with Gasteiger partial charge in [0.25, 0.3) is 0 Å². The standard InChI is InChI=1S/C14H28N2O3S/c1-9(2)11(10(3)4)8-15-14(19)16-12(13(17)18)6-7-20-5/h9-12H,6-8H2,1-5H3,(H,17,18)(H2,15,16,19)/t12-/m1/s1. The van der Waals surface area contributed by atoms with Crippen molar-refractivity contribution in [2.45, 2.75) is 40.2 Å². The van der Waals surface area contributed by atoms with Crippen LogP contribution in [0.25, 0.3) is 0 Å². The molecule has 3 N–H and O–H groups in total. The Morgan fingerprint density at radius 2 is 1.70 bits per heavy atom. The number of carbonyl (C=O) groups is 2. The summed E-state index contributed by atoms with van der Waals surface area (Å²) in [6.45, 7) is 9.08. The highest BCUT2D eigenvalue weighted by Gasteiger charge is 2.21. The lowest BCUT2D eigenvalue weighted by molar-refractivity contribution is -0.139. The number of urea groups is 1. The summed E-state index contributed by atoms with van der Waals surface area (Å²) in [5, 5.41) is 14.4. The molecule has 5 nitrogen and oxygen atoms in total. The Labute approximate surface area is 126 Å². The zero-order valence-electron chi connectivity index (χ0n) is 13.1. The predicted octanol–water partition coefficient (Wildman–Crippen LogP) is 2.42. The zero-order valence-corrected chi connectivity index (χ0v) is 13.9. The first-order valence-corrected chi connectivity index (χ1v) is 8.45. The van der Waals surface area contributed by atoms with Gasteiger partial charge in [0.05, 0.1) is 0 Å². The van der Waals surface area contributed by atoms with Crippen LogP contribution in [0.15, 0.2) is 0 Å². The molecule has 118 valence electrons. The van der Waals surface area contributed by atoms with E-state index in [1.54, 1.807) is 11.8 Å². The maximum Gasteiger partial charge on any atom is 0.326 e. The first kappa shape index (κ1) is 19.1. The van der Waals surface area contributed by atoms with Crippen molar-refractivity contribution in [3.8, 4) is 0 Å². The SMILES string of the molecule is CSCC[C@@H](NC(=O)NCC(C(C)C)C(C)C)C(=O)O. The maximum atomic E-state index is 11.8. The van der Waals surface area contributed by atoms with Crippen molar-refractivity contribution < 1.29 is 14.7 Å². The minimum atomic E-state index is -0.988. The van der Waals surface area contributed by atoms with Crippen molar-refractivity contribution >= 4 is 23.8 Å². The lowest BCUT2D eigenvalue weighted by Gasteiger charge is -2.25. The number of rotatable bonds is 9. The number of thioether (sulfide) groups is 1. The van der Waals surface area contributed by atoms with Gasteiger partial charge < -0.3 is 15.7 Å². The first-order chi connectivity index (χ1) is 9.29. The number of aliphatic carboxylic acids is 1. The second-order valence-corrected chi connectivity index (χ2v) is 6.66. The van der Waals surface area contributed by atoms with Gasteiger partial charge in [0.2, 0.25) is 0 Å². The fourth-order valence-electron chi connectivity index (χ4n) is 2.15. The zero-order chi connectivity index (χ0) is 15.7. The van der Waals surface area contributed by atoms with Gasteiger partial charge in [-0.05, 0) is 36.2 Å². The molecule has 0 saturated heterocycles. The van der Waals surface area contributed by atoms with Crippen LogP contribution in [-0.2, 0) is 4.79 Å². The third-order valence-electron chi connectivity index (χ3n) is 3.43. The molecule has 0 unspecified atom stereocenters. The molecule has 0 rings (SSSR count). The number of hydrogen-bond acceptors (Lipinski definition) is 3. The van der Waals surface area contributed by atoms with E-state index in [4.69, 9.17) is 5.11 Å². The molecular formula is C14H28N2O3S. The Hall–Kier alpha value is -0.910. The van der Waals surface area contributed by atoms with E-state index in [9.17, 15) is 9.59 Å². The van der Waals surface area contributed by atoms with Crippen molar-refractivity contribution in [2.75, 3.05) is 18.6 Å². The molecule has 0 aliphatic heterocycles. The van der Waals surface area contributed by atoms with Crippen LogP contribution in [-0.4, -0.2) is 41.7 Å². The molecule has 6 heteroatoms. The van der Waals surface area contributed by atoms with E-state index >= 15 is 0 Å². The summed E-state index contributed by atoms with van der Waals surface area (Å²) in [7, 11) is 0. The van der Waals surface area contributed by atoms with Gasteiger partial charge in [-0.15, -0.1) is 0 Å². The summed E-state index contributed by atoms with van der Waals surface area (Å²) in [5.74, 6) is 1.05. The van der Waals surface area contributed by atoms with Crippen molar-refractivity contribution in [3.05, 3.63) is 0 Å². The van der Waals surface area contributed by atoms with Crippen molar-refractivity contribution in [1.82, 2.24) is 10.6 Å². The maximum absolute atomic E-state index is 11.8. The Kier molecular flexibility index (Phi) is 9.46. The van der Waals surface area contributed by atoms with Gasteiger partial charge in [-0.3, -0.25) is 0 Å². The van der Waals surface area contributed by atoms with Crippen molar-refractivity contribution in [1.29, 1.82) is 0 Å². The van der Waals surface area contributed by atoms with Crippen LogP contribution in [0.3, 0.4) is 0 Å². The van der Waals surface area contributed by atoms with E-state index in [0.717, 1.165) is 0 Å². The molecule has 0 radical (unpaired) electrons. The summed E-state index contributed by atoms with van der Waals surface area (Å²) in [6, 6.07) is -1.22. The lowest BCUT2D eigenvalue weighted by atomic mass is 9.85. The summed E-state index contributed by atoms with van der Waals surface area (Å²) in [6.07, 6.45) is 2.34. The molecule has 2 amide bonds. The Morgan fingerprint density at radius 1 is 1.15 bits per heavy atom. The van der Waals surface area contributed by atoms with E-state index in [-0.39, 0.29) is 0 Å². The Morgan fingerprint density at radius 3 is 2.10 bits per heavy atom. The average Bonchev–Trinajstić information content (AvgIpc) is 2.33. The number of nitrogens with one attached hydrogen (secondary N) is 2. The molecule has 20 heavy (non-hydrogen) atoms. The van der Waals surface area contributed by atoms with E-state index in [1.165, 1.54) is 0 Å². The fraction of sp³-hybridized carbons (Fsp3) is 0.857. The highest BCUT2D eigenvalue weighted by atomic mass is 32.2. The third kappa shape index (κ3) is 7.62. The summed E-state index contributed by atoms with van der Waals surface area (Å²) >= 11 is 1.57. The Balaban J connectivity index is 4.28. The molecule has 0 saturated carbocycles. The van der Waals surface area contributed by atoms with Crippen LogP contribution in [0.2, 0.25) is 0 Å². The second-order valence-electron chi connectivity index (χ2n) is 5.68. The van der Waals surface area contributed by atoms with Gasteiger partial charge in [-0.2, -0.15) is 11.8 Å². The molecular weight excluding hydrogens is 276 g/mol. The minimum absolute atomic E-state index is 0.384. The molecule has 0 aromatic heterocycles. The second kappa shape index (κ2) is 9.91. The largest absolute Gasteiger partial charge is 0.480 e. The lowest BCUT2D eigenvalue weighted by Crippen LogP contribution is -2.48. The van der Waals surface area contributed by atoms with E-state index in [0.29, 0.717) is 36.5 Å². The topological polar surface area (TPSA) is 78.4 Å². The number of carboxylic acids is 1. The number of carbonyl (C=O) groups excluding carboxylic acids is 1. The van der Waals surface area contributed by atoms with Crippen LogP contribution in [0.4, 0.5) is 4.79 Å². The quantitative estimate of drug-likeness (QED) is 0.611. The van der Waals surface area contributed by atoms with Gasteiger partial charge in [0.15, 0.2) is 0 Å². The molecule has 0 aliphatic carbocycles. The summed E-state index contributed by atoms with van der Waals surface area (Å²) in [4.78, 5) is 22.8. The smallest absolute Gasteiger partial charge is 0.326 e. The van der Waals surface area contributed by atoms with Gasteiger partial charge in [-0.25, -0.2) is 9.59 Å². The van der Waals surface area contributed by atoms with E-state index < -0.39 is 18.0 Å². The van der Waals surface area contributed by atoms with Crippen LogP contribution < -0.4 is 10.6 Å². The van der Waals surface area contributed by atoms with Gasteiger partial charge in [0, 0.05) is 6.54 Å². The molecule has 0 aromatic carbocycles. The summed E-state index contributed by atoms with van der Waals surface area (Å²) < 4.78 is 0. The minimum Gasteiger partial charge on any atom is -0.480 e. The molecule has 0 spiro atoms. The monoisotopic (exact) mass is 304 g/mol. The Bertz CT molecular complexity index is 301. The van der Waals surface area contributed by atoms with Crippen molar-refractivity contribution in [2.24, 2.45) is 17.8 Å². The third-order valence-corrected chi connectivity index (χ3v) is 4.07.